The van der Waals surface area contributed by atoms with Crippen molar-refractivity contribution in [3.8, 4) is 12.3 Å². The number of carbonyl (C=O) groups excluding carboxylic acids is 1. The molecule has 1 amide bonds. The molecule has 122 valence electrons. The number of hydrogen-bond donors (Lipinski definition) is 1. The summed E-state index contributed by atoms with van der Waals surface area (Å²) in [4.78, 5) is 17.3. The molecule has 3 rings (SSSR count). The lowest BCUT2D eigenvalue weighted by molar-refractivity contribution is 0.0932. The first-order chi connectivity index (χ1) is 11.2. The van der Waals surface area contributed by atoms with Crippen molar-refractivity contribution in [3.63, 3.8) is 0 Å². The Kier molecular flexibility index (Phi) is 5.00. The molecular weight excluding hydrogens is 286 g/mol. The Hall–Kier alpha value is -1.83. The maximum Gasteiger partial charge on any atom is 0.251 e. The van der Waals surface area contributed by atoms with Gasteiger partial charge in [0.25, 0.3) is 5.91 Å². The van der Waals surface area contributed by atoms with Gasteiger partial charge < -0.3 is 10.2 Å². The monoisotopic (exact) mass is 311 g/mol. The zero-order chi connectivity index (χ0) is 16.2. The topological polar surface area (TPSA) is 35.6 Å². The average Bonchev–Trinajstić information content (AvgIpc) is 3.04. The number of terminal acetylenes is 1. The maximum atomic E-state index is 12.4. The Balaban J connectivity index is 1.53. The predicted molar refractivity (Wildman–Crippen MR) is 92.3 cm³/mol. The summed E-state index contributed by atoms with van der Waals surface area (Å²) in [6.45, 7) is 4.41. The Bertz CT molecular complexity index is 599. The van der Waals surface area contributed by atoms with E-state index < -0.39 is 0 Å². The fourth-order valence-corrected chi connectivity index (χ4v) is 3.62. The third kappa shape index (κ3) is 3.93. The van der Waals surface area contributed by atoms with Crippen LogP contribution in [-0.2, 0) is 0 Å². The van der Waals surface area contributed by atoms with Crippen LogP contribution >= 0.6 is 0 Å². The van der Waals surface area contributed by atoms with Crippen molar-refractivity contribution in [3.05, 3.63) is 35.4 Å². The van der Waals surface area contributed by atoms with Crippen LogP contribution in [0.3, 0.4) is 0 Å². The van der Waals surface area contributed by atoms with Gasteiger partial charge in [-0.3, -0.25) is 9.69 Å². The highest BCUT2D eigenvalue weighted by molar-refractivity contribution is 5.94. The van der Waals surface area contributed by atoms with Crippen molar-refractivity contribution < 1.29 is 4.79 Å². The molecular formula is C19H25N3O. The lowest BCUT2D eigenvalue weighted by atomic mass is 10.0. The van der Waals surface area contributed by atoms with E-state index in [2.05, 4.69) is 28.1 Å². The van der Waals surface area contributed by atoms with Crippen LogP contribution in [0.25, 0.3) is 0 Å². The number of nitrogens with one attached hydrogen (secondary N) is 1. The molecule has 1 atom stereocenters. The lowest BCUT2D eigenvalue weighted by Gasteiger charge is -2.35. The standard InChI is InChI=1S/C19H25N3O/c1-3-15-5-4-6-16(13-15)19(23)20-17-7-12-22(14-17)18-8-10-21(2)11-9-18/h1,4-6,13,17-18H,7-12,14H2,2H3,(H,20,23). The van der Waals surface area contributed by atoms with Crippen LogP contribution in [0.4, 0.5) is 0 Å². The van der Waals surface area contributed by atoms with Gasteiger partial charge in [-0.1, -0.05) is 12.0 Å². The van der Waals surface area contributed by atoms with Gasteiger partial charge in [0.2, 0.25) is 0 Å². The molecule has 1 aromatic rings. The van der Waals surface area contributed by atoms with E-state index in [0.717, 1.165) is 25.1 Å². The summed E-state index contributed by atoms with van der Waals surface area (Å²) in [6.07, 6.45) is 8.91. The van der Waals surface area contributed by atoms with E-state index in [1.807, 2.05) is 18.2 Å². The molecule has 23 heavy (non-hydrogen) atoms. The van der Waals surface area contributed by atoms with E-state index in [0.29, 0.717) is 11.6 Å². The first kappa shape index (κ1) is 16.0. The van der Waals surface area contributed by atoms with Crippen LogP contribution < -0.4 is 5.32 Å². The molecule has 1 N–H and O–H groups in total. The third-order valence-corrected chi connectivity index (χ3v) is 5.05. The van der Waals surface area contributed by atoms with Crippen LogP contribution in [0.1, 0.15) is 35.2 Å². The molecule has 1 aromatic carbocycles. The summed E-state index contributed by atoms with van der Waals surface area (Å²) < 4.78 is 0. The Morgan fingerprint density at radius 2 is 2.04 bits per heavy atom. The molecule has 0 aromatic heterocycles. The second-order valence-corrected chi connectivity index (χ2v) is 6.71. The minimum Gasteiger partial charge on any atom is -0.348 e. The molecule has 2 fully saturated rings. The van der Waals surface area contributed by atoms with Crippen LogP contribution in [0.15, 0.2) is 24.3 Å². The average molecular weight is 311 g/mol. The Labute approximate surface area is 138 Å². The van der Waals surface area contributed by atoms with Gasteiger partial charge >= 0.3 is 0 Å². The highest BCUT2D eigenvalue weighted by Crippen LogP contribution is 2.21. The van der Waals surface area contributed by atoms with Crippen molar-refractivity contribution in [1.82, 2.24) is 15.1 Å². The molecule has 0 spiro atoms. The third-order valence-electron chi connectivity index (χ3n) is 5.05. The van der Waals surface area contributed by atoms with E-state index in [4.69, 9.17) is 6.42 Å². The Morgan fingerprint density at radius 1 is 1.26 bits per heavy atom. The summed E-state index contributed by atoms with van der Waals surface area (Å²) >= 11 is 0. The second-order valence-electron chi connectivity index (χ2n) is 6.71. The van der Waals surface area contributed by atoms with Gasteiger partial charge in [0, 0.05) is 36.3 Å². The summed E-state index contributed by atoms with van der Waals surface area (Å²) in [6, 6.07) is 8.20. The van der Waals surface area contributed by atoms with Gasteiger partial charge in [-0.25, -0.2) is 0 Å². The van der Waals surface area contributed by atoms with E-state index in [1.54, 1.807) is 6.07 Å². The van der Waals surface area contributed by atoms with Gasteiger partial charge in [0.1, 0.15) is 0 Å². The van der Waals surface area contributed by atoms with Gasteiger partial charge in [-0.05, 0) is 57.6 Å². The van der Waals surface area contributed by atoms with Gasteiger partial charge in [0.15, 0.2) is 0 Å². The van der Waals surface area contributed by atoms with Gasteiger partial charge in [-0.15, -0.1) is 6.42 Å². The summed E-state index contributed by atoms with van der Waals surface area (Å²) in [5, 5.41) is 3.16. The quantitative estimate of drug-likeness (QED) is 0.861. The molecule has 0 radical (unpaired) electrons. The summed E-state index contributed by atoms with van der Waals surface area (Å²) in [5.41, 5.74) is 1.40. The van der Waals surface area contributed by atoms with Crippen LogP contribution in [0, 0.1) is 12.3 Å². The number of piperidine rings is 1. The first-order valence-electron chi connectivity index (χ1n) is 8.46. The molecule has 0 aliphatic carbocycles. The largest absolute Gasteiger partial charge is 0.348 e. The number of carbonyl (C=O) groups is 1. The zero-order valence-electron chi connectivity index (χ0n) is 13.8. The molecule has 2 saturated heterocycles. The van der Waals surface area contributed by atoms with Crippen LogP contribution in [-0.4, -0.2) is 61.0 Å². The molecule has 4 heteroatoms. The smallest absolute Gasteiger partial charge is 0.251 e. The van der Waals surface area contributed by atoms with Crippen molar-refractivity contribution in [2.24, 2.45) is 0 Å². The minimum atomic E-state index is -0.0164. The zero-order valence-corrected chi connectivity index (χ0v) is 13.8. The number of nitrogens with zero attached hydrogens (tertiary/aromatic N) is 2. The van der Waals surface area contributed by atoms with Crippen LogP contribution in [0.5, 0.6) is 0 Å². The molecule has 2 aliphatic heterocycles. The van der Waals surface area contributed by atoms with E-state index in [9.17, 15) is 4.79 Å². The van der Waals surface area contributed by atoms with Crippen molar-refractivity contribution in [2.45, 2.75) is 31.3 Å². The van der Waals surface area contributed by atoms with E-state index in [1.165, 1.54) is 25.9 Å². The highest BCUT2D eigenvalue weighted by atomic mass is 16.1. The summed E-state index contributed by atoms with van der Waals surface area (Å²) in [7, 11) is 2.19. The predicted octanol–water partition coefficient (Wildman–Crippen LogP) is 1.57. The van der Waals surface area contributed by atoms with E-state index in [-0.39, 0.29) is 11.9 Å². The maximum absolute atomic E-state index is 12.4. The number of hydrogen-bond acceptors (Lipinski definition) is 3. The van der Waals surface area contributed by atoms with Crippen molar-refractivity contribution in [1.29, 1.82) is 0 Å². The van der Waals surface area contributed by atoms with Crippen LogP contribution in [0.2, 0.25) is 0 Å². The number of rotatable bonds is 3. The molecule has 0 bridgehead atoms. The number of likely N-dealkylation sites (tertiary alicyclic amines) is 2. The van der Waals surface area contributed by atoms with E-state index >= 15 is 0 Å². The molecule has 2 aliphatic rings. The van der Waals surface area contributed by atoms with Crippen molar-refractivity contribution in [2.75, 3.05) is 33.2 Å². The normalized spacial score (nSPS) is 23.6. The SMILES string of the molecule is C#Cc1cccc(C(=O)NC2CCN(C3CCN(C)CC3)C2)c1. The highest BCUT2D eigenvalue weighted by Gasteiger charge is 2.30. The minimum absolute atomic E-state index is 0.0164. The molecule has 2 heterocycles. The van der Waals surface area contributed by atoms with Gasteiger partial charge in [0.05, 0.1) is 0 Å². The second kappa shape index (κ2) is 7.16. The summed E-state index contributed by atoms with van der Waals surface area (Å²) in [5.74, 6) is 2.56. The Morgan fingerprint density at radius 3 is 2.78 bits per heavy atom. The lowest BCUT2D eigenvalue weighted by Crippen LogP contribution is -2.44. The molecule has 1 unspecified atom stereocenters. The first-order valence-corrected chi connectivity index (χ1v) is 8.46. The fourth-order valence-electron chi connectivity index (χ4n) is 3.62. The number of benzene rings is 1. The number of amides is 1. The van der Waals surface area contributed by atoms with Crippen molar-refractivity contribution >= 4 is 5.91 Å². The molecule has 4 nitrogen and oxygen atoms in total. The molecule has 0 saturated carbocycles. The fraction of sp³-hybridized carbons (Fsp3) is 0.526. The van der Waals surface area contributed by atoms with Gasteiger partial charge in [-0.2, -0.15) is 0 Å².